The minimum absolute atomic E-state index is 0.263. The maximum absolute atomic E-state index is 13.0. The summed E-state index contributed by atoms with van der Waals surface area (Å²) < 4.78 is 6.96. The molecule has 0 bridgehead atoms. The Labute approximate surface area is 196 Å². The fourth-order valence-corrected chi connectivity index (χ4v) is 4.02. The van der Waals surface area contributed by atoms with Crippen molar-refractivity contribution in [3.05, 3.63) is 89.5 Å². The van der Waals surface area contributed by atoms with Crippen LogP contribution in [-0.2, 0) is 12.2 Å². The molecule has 0 aliphatic heterocycles. The highest BCUT2D eigenvalue weighted by molar-refractivity contribution is 7.98. The van der Waals surface area contributed by atoms with Crippen LogP contribution in [0, 0.1) is 6.92 Å². The average Bonchev–Trinajstić information content (AvgIpc) is 3.28. The molecule has 2 heterocycles. The van der Waals surface area contributed by atoms with Crippen LogP contribution in [0.15, 0.2) is 72.1 Å². The van der Waals surface area contributed by atoms with E-state index in [1.807, 2.05) is 55.5 Å². The molecule has 9 heteroatoms. The Bertz CT molecular complexity index is 1210. The summed E-state index contributed by atoms with van der Waals surface area (Å²) in [5.74, 6) is 0.979. The van der Waals surface area contributed by atoms with Gasteiger partial charge in [0.15, 0.2) is 10.9 Å². The Morgan fingerprint density at radius 3 is 2.64 bits per heavy atom. The van der Waals surface area contributed by atoms with Crippen LogP contribution in [-0.4, -0.2) is 44.5 Å². The number of amides is 1. The second-order valence-corrected chi connectivity index (χ2v) is 8.25. The molecular weight excluding hydrogens is 436 g/mol. The van der Waals surface area contributed by atoms with Crippen LogP contribution in [0.1, 0.15) is 27.3 Å². The van der Waals surface area contributed by atoms with E-state index in [2.05, 4.69) is 25.6 Å². The Morgan fingerprint density at radius 1 is 1.09 bits per heavy atom. The van der Waals surface area contributed by atoms with Crippen molar-refractivity contribution >= 4 is 17.7 Å². The van der Waals surface area contributed by atoms with Gasteiger partial charge in [-0.1, -0.05) is 46.8 Å². The number of hydrogen-bond donors (Lipinski definition) is 1. The number of benzene rings is 2. The van der Waals surface area contributed by atoms with Crippen molar-refractivity contribution < 1.29 is 9.53 Å². The summed E-state index contributed by atoms with van der Waals surface area (Å²) >= 11 is 1.43. The van der Waals surface area contributed by atoms with Gasteiger partial charge < -0.3 is 10.1 Å². The molecule has 0 radical (unpaired) electrons. The summed E-state index contributed by atoms with van der Waals surface area (Å²) in [4.78, 5) is 21.5. The first-order chi connectivity index (χ1) is 16.1. The number of nitrogens with zero attached hydrogens (tertiary/aromatic N) is 5. The fraction of sp³-hybridized carbons (Fsp3) is 0.208. The molecule has 0 atom stereocenters. The zero-order chi connectivity index (χ0) is 23.0. The maximum atomic E-state index is 13.0. The van der Waals surface area contributed by atoms with Gasteiger partial charge in [-0.05, 0) is 49.2 Å². The van der Waals surface area contributed by atoms with Gasteiger partial charge in [0.25, 0.3) is 5.91 Å². The number of hydrogen-bond acceptors (Lipinski definition) is 7. The number of methoxy groups -OCH3 is 1. The minimum atomic E-state index is -0.263. The molecule has 0 spiro atoms. The lowest BCUT2D eigenvalue weighted by atomic mass is 10.1. The number of nitrogens with one attached hydrogen (secondary N) is 1. The highest BCUT2D eigenvalue weighted by Gasteiger charge is 2.21. The predicted molar refractivity (Wildman–Crippen MR) is 127 cm³/mol. The molecule has 0 fully saturated rings. The molecule has 168 valence electrons. The van der Waals surface area contributed by atoms with Gasteiger partial charge in [-0.3, -0.25) is 4.79 Å². The quantitative estimate of drug-likeness (QED) is 0.301. The monoisotopic (exact) mass is 460 g/mol. The summed E-state index contributed by atoms with van der Waals surface area (Å²) in [6.45, 7) is 2.49. The summed E-state index contributed by atoms with van der Waals surface area (Å²) in [6, 6.07) is 17.5. The first kappa shape index (κ1) is 22.5. The van der Waals surface area contributed by atoms with Crippen molar-refractivity contribution in [2.75, 3.05) is 13.7 Å². The van der Waals surface area contributed by atoms with E-state index in [1.165, 1.54) is 11.8 Å². The second kappa shape index (κ2) is 10.7. The number of ether oxygens (including phenoxy) is 1. The minimum Gasteiger partial charge on any atom is -0.497 e. The molecule has 33 heavy (non-hydrogen) atoms. The number of carbonyl (C=O) groups excluding carboxylic acids is 1. The van der Waals surface area contributed by atoms with Gasteiger partial charge in [0.1, 0.15) is 5.75 Å². The van der Waals surface area contributed by atoms with Gasteiger partial charge >= 0.3 is 0 Å². The van der Waals surface area contributed by atoms with Crippen LogP contribution < -0.4 is 10.1 Å². The third-order valence-corrected chi connectivity index (χ3v) is 5.86. The smallest absolute Gasteiger partial charge is 0.273 e. The maximum Gasteiger partial charge on any atom is 0.273 e. The summed E-state index contributed by atoms with van der Waals surface area (Å²) in [7, 11) is 1.64. The lowest BCUT2D eigenvalue weighted by Crippen LogP contribution is -2.27. The van der Waals surface area contributed by atoms with Crippen molar-refractivity contribution in [1.82, 2.24) is 30.3 Å². The van der Waals surface area contributed by atoms with E-state index in [1.54, 1.807) is 30.3 Å². The number of aryl methyl sites for hydroxylation is 1. The molecule has 8 nitrogen and oxygen atoms in total. The second-order valence-electron chi connectivity index (χ2n) is 7.31. The molecule has 0 aliphatic rings. The van der Waals surface area contributed by atoms with Crippen LogP contribution in [0.5, 0.6) is 5.75 Å². The third-order valence-electron chi connectivity index (χ3n) is 4.97. The zero-order valence-electron chi connectivity index (χ0n) is 18.4. The Morgan fingerprint density at radius 2 is 1.88 bits per heavy atom. The van der Waals surface area contributed by atoms with Gasteiger partial charge in [0.2, 0.25) is 0 Å². The van der Waals surface area contributed by atoms with Gasteiger partial charge in [0, 0.05) is 24.7 Å². The molecule has 0 saturated heterocycles. The number of thioether (sulfide) groups is 1. The van der Waals surface area contributed by atoms with E-state index >= 15 is 0 Å². The summed E-state index contributed by atoms with van der Waals surface area (Å²) in [5.41, 5.74) is 4.05. The molecule has 4 rings (SSSR count). The molecule has 2 aromatic heterocycles. The lowest BCUT2D eigenvalue weighted by Gasteiger charge is -2.09. The van der Waals surface area contributed by atoms with E-state index < -0.39 is 0 Å². The molecule has 1 N–H and O–H groups in total. The van der Waals surface area contributed by atoms with Crippen molar-refractivity contribution in [2.45, 2.75) is 24.3 Å². The van der Waals surface area contributed by atoms with E-state index in [0.29, 0.717) is 35.3 Å². The van der Waals surface area contributed by atoms with Crippen LogP contribution in [0.25, 0.3) is 5.69 Å². The number of rotatable bonds is 9. The Balaban J connectivity index is 1.51. The molecule has 2 aromatic carbocycles. The van der Waals surface area contributed by atoms with Crippen LogP contribution in [0.4, 0.5) is 0 Å². The molecular formula is C24H24N6O2S. The summed E-state index contributed by atoms with van der Waals surface area (Å²) in [5, 5.41) is 12.1. The van der Waals surface area contributed by atoms with Crippen LogP contribution >= 0.6 is 11.8 Å². The highest BCUT2D eigenvalue weighted by atomic mass is 32.2. The SMILES string of the molecule is COc1cccc(CCNC(=O)c2nnn(-c3ccc(C)cc3)c2CSc2ncccn2)c1. The molecule has 0 unspecified atom stereocenters. The Hall–Kier alpha value is -3.72. The van der Waals surface area contributed by atoms with Crippen molar-refractivity contribution in [3.8, 4) is 11.4 Å². The van der Waals surface area contributed by atoms with Crippen molar-refractivity contribution in [3.63, 3.8) is 0 Å². The van der Waals surface area contributed by atoms with Gasteiger partial charge in [-0.15, -0.1) is 5.10 Å². The van der Waals surface area contributed by atoms with Crippen LogP contribution in [0.2, 0.25) is 0 Å². The summed E-state index contributed by atoms with van der Waals surface area (Å²) in [6.07, 6.45) is 4.06. The highest BCUT2D eigenvalue weighted by Crippen LogP contribution is 2.23. The average molecular weight is 461 g/mol. The van der Waals surface area contributed by atoms with E-state index in [4.69, 9.17) is 4.74 Å². The van der Waals surface area contributed by atoms with Gasteiger partial charge in [-0.25, -0.2) is 14.6 Å². The fourth-order valence-electron chi connectivity index (χ4n) is 3.23. The lowest BCUT2D eigenvalue weighted by molar-refractivity contribution is 0.0948. The van der Waals surface area contributed by atoms with E-state index in [-0.39, 0.29) is 5.91 Å². The van der Waals surface area contributed by atoms with E-state index in [9.17, 15) is 4.79 Å². The molecule has 1 amide bonds. The molecule has 0 saturated carbocycles. The van der Waals surface area contributed by atoms with Crippen LogP contribution in [0.3, 0.4) is 0 Å². The molecule has 4 aromatic rings. The van der Waals surface area contributed by atoms with Crippen molar-refractivity contribution in [2.24, 2.45) is 0 Å². The molecule has 0 aliphatic carbocycles. The normalized spacial score (nSPS) is 10.7. The van der Waals surface area contributed by atoms with Crippen molar-refractivity contribution in [1.29, 1.82) is 0 Å². The first-order valence-corrected chi connectivity index (χ1v) is 11.4. The Kier molecular flexibility index (Phi) is 7.31. The largest absolute Gasteiger partial charge is 0.497 e. The third kappa shape index (κ3) is 5.75. The predicted octanol–water partition coefficient (Wildman–Crippen LogP) is 3.64. The topological polar surface area (TPSA) is 94.8 Å². The van der Waals surface area contributed by atoms with E-state index in [0.717, 1.165) is 22.6 Å². The standard InChI is InChI=1S/C24H24N6O2S/c1-17-7-9-19(10-8-17)30-21(16-33-24-26-12-4-13-27-24)22(28-29-30)23(31)25-14-11-18-5-3-6-20(15-18)32-2/h3-10,12-13,15H,11,14,16H2,1-2H3,(H,25,31). The first-order valence-electron chi connectivity index (χ1n) is 10.5. The zero-order valence-corrected chi connectivity index (χ0v) is 19.2. The van der Waals surface area contributed by atoms with Gasteiger partial charge in [0.05, 0.1) is 18.5 Å². The van der Waals surface area contributed by atoms with Gasteiger partial charge in [-0.2, -0.15) is 0 Å². The number of aromatic nitrogens is 5. The number of carbonyl (C=O) groups is 1.